The molecule has 3 heteroatoms. The fraction of sp³-hybridized carbons (Fsp3) is 0.375. The first kappa shape index (κ1) is 7.98. The summed E-state index contributed by atoms with van der Waals surface area (Å²) in [7, 11) is 0. The molecule has 0 amide bonds. The zero-order chi connectivity index (χ0) is 8.10. The average Bonchev–Trinajstić information content (AvgIpc) is 2.01. The van der Waals surface area contributed by atoms with E-state index >= 15 is 0 Å². The van der Waals surface area contributed by atoms with Gasteiger partial charge in [0.15, 0.2) is 0 Å². The Kier molecular flexibility index (Phi) is 2.83. The van der Waals surface area contributed by atoms with Crippen molar-refractivity contribution in [2.75, 3.05) is 6.61 Å². The van der Waals surface area contributed by atoms with E-state index in [-0.39, 0.29) is 5.82 Å². The van der Waals surface area contributed by atoms with Crippen LogP contribution in [0.25, 0.3) is 0 Å². The van der Waals surface area contributed by atoms with Crippen LogP contribution in [0.3, 0.4) is 0 Å². The van der Waals surface area contributed by atoms with Gasteiger partial charge in [0.1, 0.15) is 11.6 Å². The Balaban J connectivity index is 2.56. The number of ether oxygens (including phenoxy) is 1. The van der Waals surface area contributed by atoms with Crippen molar-refractivity contribution in [1.82, 2.24) is 4.98 Å². The summed E-state index contributed by atoms with van der Waals surface area (Å²) in [5.74, 6) is 0.130. The molecule has 0 saturated carbocycles. The van der Waals surface area contributed by atoms with Crippen molar-refractivity contribution in [3.8, 4) is 5.75 Å². The van der Waals surface area contributed by atoms with E-state index in [0.29, 0.717) is 12.4 Å². The molecule has 60 valence electrons. The van der Waals surface area contributed by atoms with Gasteiger partial charge < -0.3 is 4.74 Å². The van der Waals surface area contributed by atoms with Gasteiger partial charge in [-0.3, -0.25) is 4.98 Å². The highest BCUT2D eigenvalue weighted by atomic mass is 19.1. The topological polar surface area (TPSA) is 22.1 Å². The van der Waals surface area contributed by atoms with Gasteiger partial charge in [-0.1, -0.05) is 6.92 Å². The molecule has 1 aromatic heterocycles. The Labute approximate surface area is 65.0 Å². The lowest BCUT2D eigenvalue weighted by Gasteiger charge is -2.01. The van der Waals surface area contributed by atoms with Crippen molar-refractivity contribution in [3.63, 3.8) is 0 Å². The zero-order valence-electron chi connectivity index (χ0n) is 6.38. The van der Waals surface area contributed by atoms with Crippen LogP contribution in [0, 0.1) is 5.82 Å². The first-order valence-corrected chi connectivity index (χ1v) is 3.56. The van der Waals surface area contributed by atoms with Crippen LogP contribution in [-0.4, -0.2) is 11.6 Å². The molecule has 0 fully saturated rings. The molecule has 0 unspecified atom stereocenters. The minimum absolute atomic E-state index is 0.362. The van der Waals surface area contributed by atoms with Crippen LogP contribution in [0.2, 0.25) is 0 Å². The second-order valence-corrected chi connectivity index (χ2v) is 2.19. The predicted octanol–water partition coefficient (Wildman–Crippen LogP) is 2.01. The zero-order valence-corrected chi connectivity index (χ0v) is 6.38. The molecule has 0 aliphatic rings. The van der Waals surface area contributed by atoms with Crippen molar-refractivity contribution < 1.29 is 9.13 Å². The molecule has 1 rings (SSSR count). The third kappa shape index (κ3) is 2.53. The Bertz CT molecular complexity index is 227. The van der Waals surface area contributed by atoms with Crippen LogP contribution in [-0.2, 0) is 0 Å². The highest BCUT2D eigenvalue weighted by Gasteiger charge is 1.94. The maximum Gasteiger partial charge on any atom is 0.145 e. The molecular weight excluding hydrogens is 145 g/mol. The minimum Gasteiger partial charge on any atom is -0.492 e. The van der Waals surface area contributed by atoms with Gasteiger partial charge in [0.2, 0.25) is 0 Å². The van der Waals surface area contributed by atoms with Crippen molar-refractivity contribution in [3.05, 3.63) is 24.3 Å². The fourth-order valence-corrected chi connectivity index (χ4v) is 0.691. The number of aromatic nitrogens is 1. The lowest BCUT2D eigenvalue weighted by molar-refractivity contribution is 0.314. The summed E-state index contributed by atoms with van der Waals surface area (Å²) in [4.78, 5) is 3.64. The molecule has 1 heterocycles. The lowest BCUT2D eigenvalue weighted by Crippen LogP contribution is -1.95. The molecule has 2 nitrogen and oxygen atoms in total. The van der Waals surface area contributed by atoms with Crippen molar-refractivity contribution in [2.24, 2.45) is 0 Å². The Morgan fingerprint density at radius 1 is 1.55 bits per heavy atom. The summed E-state index contributed by atoms with van der Waals surface area (Å²) in [6.45, 7) is 2.60. The normalized spacial score (nSPS) is 9.64. The maximum absolute atomic E-state index is 12.5. The number of hydrogen-bond acceptors (Lipinski definition) is 2. The first-order valence-electron chi connectivity index (χ1n) is 3.56. The molecule has 0 saturated heterocycles. The van der Waals surface area contributed by atoms with E-state index in [2.05, 4.69) is 4.98 Å². The molecule has 0 radical (unpaired) electrons. The molecule has 0 aliphatic carbocycles. The van der Waals surface area contributed by atoms with Crippen molar-refractivity contribution in [2.45, 2.75) is 13.3 Å². The van der Waals surface area contributed by atoms with Gasteiger partial charge in [-0.25, -0.2) is 4.39 Å². The quantitative estimate of drug-likeness (QED) is 0.666. The molecule has 0 aromatic carbocycles. The lowest BCUT2D eigenvalue weighted by atomic mass is 10.4. The van der Waals surface area contributed by atoms with Crippen molar-refractivity contribution >= 4 is 0 Å². The number of nitrogens with zero attached hydrogens (tertiary/aromatic N) is 1. The van der Waals surface area contributed by atoms with Gasteiger partial charge in [-0.15, -0.1) is 0 Å². The van der Waals surface area contributed by atoms with Gasteiger partial charge >= 0.3 is 0 Å². The standard InChI is InChI=1S/C8H10FNO/c1-2-3-11-8-4-7(9)5-10-6-8/h4-6H,2-3H2,1H3. The fourth-order valence-electron chi connectivity index (χ4n) is 0.691. The summed E-state index contributed by atoms with van der Waals surface area (Å²) >= 11 is 0. The van der Waals surface area contributed by atoms with Gasteiger partial charge in [-0.2, -0.15) is 0 Å². The van der Waals surface area contributed by atoms with Crippen LogP contribution < -0.4 is 4.74 Å². The van der Waals surface area contributed by atoms with Gasteiger partial charge in [0, 0.05) is 6.07 Å². The molecular formula is C8H10FNO. The van der Waals surface area contributed by atoms with Gasteiger partial charge in [0.25, 0.3) is 0 Å². The van der Waals surface area contributed by atoms with Crippen LogP contribution in [0.5, 0.6) is 5.75 Å². The van der Waals surface area contributed by atoms with E-state index in [1.807, 2.05) is 6.92 Å². The number of rotatable bonds is 3. The van der Waals surface area contributed by atoms with Crippen LogP contribution in [0.1, 0.15) is 13.3 Å². The Morgan fingerprint density at radius 3 is 3.00 bits per heavy atom. The van der Waals surface area contributed by atoms with E-state index < -0.39 is 0 Å². The van der Waals surface area contributed by atoms with E-state index in [1.54, 1.807) is 0 Å². The summed E-state index contributed by atoms with van der Waals surface area (Å²) < 4.78 is 17.6. The molecule has 11 heavy (non-hydrogen) atoms. The SMILES string of the molecule is CCCOc1cncc(F)c1. The highest BCUT2D eigenvalue weighted by molar-refractivity contribution is 5.16. The third-order valence-corrected chi connectivity index (χ3v) is 1.15. The molecule has 0 bridgehead atoms. The van der Waals surface area contributed by atoms with Crippen LogP contribution >= 0.6 is 0 Å². The molecule has 1 aromatic rings. The summed E-state index contributed by atoms with van der Waals surface area (Å²) in [5.41, 5.74) is 0. The largest absolute Gasteiger partial charge is 0.492 e. The summed E-state index contributed by atoms with van der Waals surface area (Å²) in [6, 6.07) is 1.32. The molecule has 0 aliphatic heterocycles. The molecule has 0 atom stereocenters. The van der Waals surface area contributed by atoms with Gasteiger partial charge in [-0.05, 0) is 6.42 Å². The van der Waals surface area contributed by atoms with E-state index in [0.717, 1.165) is 12.6 Å². The van der Waals surface area contributed by atoms with Gasteiger partial charge in [0.05, 0.1) is 19.0 Å². The molecule has 0 spiro atoms. The van der Waals surface area contributed by atoms with E-state index in [1.165, 1.54) is 12.3 Å². The monoisotopic (exact) mass is 155 g/mol. The summed E-state index contributed by atoms with van der Waals surface area (Å²) in [5, 5.41) is 0. The Hall–Kier alpha value is -1.12. The Morgan fingerprint density at radius 2 is 2.36 bits per heavy atom. The average molecular weight is 155 g/mol. The van der Waals surface area contributed by atoms with E-state index in [9.17, 15) is 4.39 Å². The number of hydrogen-bond donors (Lipinski definition) is 0. The maximum atomic E-state index is 12.5. The summed E-state index contributed by atoms with van der Waals surface area (Å²) in [6.07, 6.45) is 3.56. The third-order valence-electron chi connectivity index (χ3n) is 1.15. The second-order valence-electron chi connectivity index (χ2n) is 2.19. The first-order chi connectivity index (χ1) is 5.33. The minimum atomic E-state index is -0.362. The predicted molar refractivity (Wildman–Crippen MR) is 40.0 cm³/mol. The van der Waals surface area contributed by atoms with Crippen molar-refractivity contribution in [1.29, 1.82) is 0 Å². The number of halogens is 1. The second kappa shape index (κ2) is 3.91. The van der Waals surface area contributed by atoms with Crippen LogP contribution in [0.15, 0.2) is 18.5 Å². The number of pyridine rings is 1. The molecule has 0 N–H and O–H groups in total. The van der Waals surface area contributed by atoms with Crippen LogP contribution in [0.4, 0.5) is 4.39 Å². The highest BCUT2D eigenvalue weighted by Crippen LogP contribution is 2.09. The van der Waals surface area contributed by atoms with E-state index in [4.69, 9.17) is 4.74 Å². The smallest absolute Gasteiger partial charge is 0.145 e.